The highest BCUT2D eigenvalue weighted by atomic mass is 35.5. The van der Waals surface area contributed by atoms with Crippen LogP contribution in [0, 0.1) is 11.7 Å². The molecule has 0 bridgehead atoms. The predicted molar refractivity (Wildman–Crippen MR) is 165 cm³/mol. The number of carbonyl (C=O) groups excluding carboxylic acids is 1. The van der Waals surface area contributed by atoms with E-state index in [-0.39, 0.29) is 66.3 Å². The van der Waals surface area contributed by atoms with E-state index >= 15 is 4.39 Å². The number of aryl methyl sites for hydroxylation is 1. The zero-order chi connectivity index (χ0) is 28.1. The van der Waals surface area contributed by atoms with E-state index in [4.69, 9.17) is 0 Å². The van der Waals surface area contributed by atoms with Crippen LogP contribution in [0.5, 0.6) is 0 Å². The molecule has 0 saturated carbocycles. The summed E-state index contributed by atoms with van der Waals surface area (Å²) in [4.78, 5) is 12.1. The maximum atomic E-state index is 15.1. The molecule has 0 aliphatic carbocycles. The molecule has 7 nitrogen and oxygen atoms in total. The Kier molecular flexibility index (Phi) is 14.0. The van der Waals surface area contributed by atoms with Gasteiger partial charge in [-0.2, -0.15) is 0 Å². The number of carbonyl (C=O) groups is 1. The highest BCUT2D eigenvalue weighted by molar-refractivity contribution is 7.91. The first-order chi connectivity index (χ1) is 17.8. The van der Waals surface area contributed by atoms with Crippen LogP contribution in [0.3, 0.4) is 0 Å². The van der Waals surface area contributed by atoms with Crippen LogP contribution in [0.15, 0.2) is 36.4 Å². The van der Waals surface area contributed by atoms with Crippen molar-refractivity contribution in [2.24, 2.45) is 5.92 Å². The molecule has 40 heavy (non-hydrogen) atoms. The Labute approximate surface area is 250 Å². The minimum absolute atomic E-state index is 0. The second kappa shape index (κ2) is 15.5. The van der Waals surface area contributed by atoms with Crippen molar-refractivity contribution < 1.29 is 22.7 Å². The Morgan fingerprint density at radius 2 is 1.77 bits per heavy atom. The maximum Gasteiger partial charge on any atom is 0.238 e. The van der Waals surface area contributed by atoms with Crippen LogP contribution >= 0.6 is 24.8 Å². The minimum atomic E-state index is -3.41. The number of nitrogens with one attached hydrogen (secondary N) is 3. The number of benzene rings is 2. The van der Waals surface area contributed by atoms with Gasteiger partial charge in [0, 0.05) is 18.5 Å². The van der Waals surface area contributed by atoms with Gasteiger partial charge in [-0.1, -0.05) is 65.0 Å². The number of amides is 1. The van der Waals surface area contributed by atoms with Crippen molar-refractivity contribution in [1.29, 1.82) is 0 Å². The molecule has 0 aromatic heterocycles. The SMILES string of the molecule is CCNCC(=O)Nc1c(F)cc(C[C@@H]2CS(=O)(=O)C[C@H](NCc3cccc(C(C)(C)C)c3)[C@H]2O)cc1CC.Cl.Cl. The summed E-state index contributed by atoms with van der Waals surface area (Å²) in [5, 5.41) is 20.0. The third kappa shape index (κ3) is 9.96. The van der Waals surface area contributed by atoms with E-state index in [1.807, 2.05) is 26.0 Å². The number of aliphatic hydroxyl groups excluding tert-OH is 1. The van der Waals surface area contributed by atoms with Gasteiger partial charge in [0.05, 0.1) is 29.8 Å². The highest BCUT2D eigenvalue weighted by Crippen LogP contribution is 2.29. The average Bonchev–Trinajstić information content (AvgIpc) is 2.84. The zero-order valence-electron chi connectivity index (χ0n) is 23.9. The number of aliphatic hydroxyl groups is 1. The topological polar surface area (TPSA) is 108 Å². The lowest BCUT2D eigenvalue weighted by Crippen LogP contribution is -2.54. The second-order valence-corrected chi connectivity index (χ2v) is 13.4. The monoisotopic (exact) mass is 619 g/mol. The smallest absolute Gasteiger partial charge is 0.238 e. The van der Waals surface area contributed by atoms with Gasteiger partial charge in [0.1, 0.15) is 5.82 Å². The van der Waals surface area contributed by atoms with Gasteiger partial charge in [-0.25, -0.2) is 12.8 Å². The summed E-state index contributed by atoms with van der Waals surface area (Å²) in [6.45, 7) is 11.3. The summed E-state index contributed by atoms with van der Waals surface area (Å²) in [5.74, 6) is -1.77. The molecule has 0 radical (unpaired) electrons. The highest BCUT2D eigenvalue weighted by Gasteiger charge is 2.39. The van der Waals surface area contributed by atoms with Crippen molar-refractivity contribution in [3.63, 3.8) is 0 Å². The zero-order valence-corrected chi connectivity index (χ0v) is 26.4. The van der Waals surface area contributed by atoms with Crippen molar-refractivity contribution in [2.75, 3.05) is 29.9 Å². The van der Waals surface area contributed by atoms with Crippen molar-refractivity contribution in [2.45, 2.75) is 71.6 Å². The third-order valence-electron chi connectivity index (χ3n) is 7.07. The van der Waals surface area contributed by atoms with E-state index < -0.39 is 33.7 Å². The van der Waals surface area contributed by atoms with Crippen LogP contribution in [0.4, 0.5) is 10.1 Å². The van der Waals surface area contributed by atoms with Gasteiger partial charge in [0.15, 0.2) is 9.84 Å². The number of anilines is 1. The fraction of sp³-hybridized carbons (Fsp3) is 0.552. The Bertz CT molecular complexity index is 1240. The molecule has 226 valence electrons. The second-order valence-electron chi connectivity index (χ2n) is 11.3. The molecule has 1 heterocycles. The number of rotatable bonds is 10. The molecular formula is C29H44Cl2FN3O4S. The summed E-state index contributed by atoms with van der Waals surface area (Å²) < 4.78 is 40.6. The third-order valence-corrected chi connectivity index (χ3v) is 8.87. The van der Waals surface area contributed by atoms with Crippen LogP contribution in [-0.4, -0.2) is 56.2 Å². The summed E-state index contributed by atoms with van der Waals surface area (Å²) in [6, 6.07) is 10.6. The van der Waals surface area contributed by atoms with Crippen molar-refractivity contribution in [3.05, 3.63) is 64.5 Å². The van der Waals surface area contributed by atoms with Crippen LogP contribution in [0.2, 0.25) is 0 Å². The van der Waals surface area contributed by atoms with Gasteiger partial charge in [0.25, 0.3) is 0 Å². The van der Waals surface area contributed by atoms with Gasteiger partial charge in [-0.15, -0.1) is 24.8 Å². The maximum absolute atomic E-state index is 15.1. The fourth-order valence-corrected chi connectivity index (χ4v) is 6.90. The molecule has 2 aromatic carbocycles. The Hall–Kier alpha value is -1.75. The van der Waals surface area contributed by atoms with E-state index in [0.29, 0.717) is 30.6 Å². The van der Waals surface area contributed by atoms with E-state index in [0.717, 1.165) is 5.56 Å². The largest absolute Gasteiger partial charge is 0.391 e. The molecule has 0 unspecified atom stereocenters. The molecule has 1 aliphatic rings. The van der Waals surface area contributed by atoms with Gasteiger partial charge >= 0.3 is 0 Å². The van der Waals surface area contributed by atoms with Gasteiger partial charge in [0.2, 0.25) is 5.91 Å². The number of halogens is 3. The van der Waals surface area contributed by atoms with Crippen LogP contribution in [0.25, 0.3) is 0 Å². The van der Waals surface area contributed by atoms with Gasteiger partial charge < -0.3 is 21.1 Å². The predicted octanol–water partition coefficient (Wildman–Crippen LogP) is 4.18. The van der Waals surface area contributed by atoms with Gasteiger partial charge in [-0.05, 0) is 53.1 Å². The molecule has 1 saturated heterocycles. The minimum Gasteiger partial charge on any atom is -0.391 e. The first-order valence-electron chi connectivity index (χ1n) is 13.4. The van der Waals surface area contributed by atoms with E-state index in [2.05, 4.69) is 48.9 Å². The van der Waals surface area contributed by atoms with E-state index in [1.165, 1.54) is 11.6 Å². The fourth-order valence-electron chi connectivity index (χ4n) is 4.94. The first-order valence-corrected chi connectivity index (χ1v) is 15.2. The Morgan fingerprint density at radius 3 is 2.40 bits per heavy atom. The standard InChI is InChI=1S/C29H42FN3O4S.2ClH/c1-6-21-11-20(14-24(30)27(21)33-26(34)16-31-7-2)12-22-17-38(36,37)18-25(28(22)35)32-15-19-9-8-10-23(13-19)29(3,4)5;;/h8-11,13-14,22,25,28,31-32,35H,6-7,12,15-18H2,1-5H3,(H,33,34);2*1H/t22-,25+,28+;;/m1../s1. The van der Waals surface area contributed by atoms with E-state index in [1.54, 1.807) is 6.07 Å². The van der Waals surface area contributed by atoms with Crippen LogP contribution in [0.1, 0.15) is 56.9 Å². The van der Waals surface area contributed by atoms with Gasteiger partial charge in [-0.3, -0.25) is 4.79 Å². The van der Waals surface area contributed by atoms with Crippen molar-refractivity contribution in [3.8, 4) is 0 Å². The number of sulfone groups is 1. The van der Waals surface area contributed by atoms with E-state index in [9.17, 15) is 18.3 Å². The van der Waals surface area contributed by atoms with Crippen LogP contribution < -0.4 is 16.0 Å². The summed E-state index contributed by atoms with van der Waals surface area (Å²) in [6.07, 6.45) is -0.199. The normalized spacial score (nSPS) is 20.2. The summed E-state index contributed by atoms with van der Waals surface area (Å²) in [7, 11) is -3.41. The Morgan fingerprint density at radius 1 is 1.07 bits per heavy atom. The number of hydrogen-bond acceptors (Lipinski definition) is 6. The Balaban J connectivity index is 0.00000400. The quantitative estimate of drug-likeness (QED) is 0.318. The molecule has 1 fully saturated rings. The molecule has 11 heteroatoms. The molecule has 1 amide bonds. The lowest BCUT2D eigenvalue weighted by Gasteiger charge is -2.35. The molecule has 3 atom stereocenters. The lowest BCUT2D eigenvalue weighted by atomic mass is 9.86. The first kappa shape index (κ1) is 36.3. The van der Waals surface area contributed by atoms with Crippen LogP contribution in [-0.2, 0) is 39.4 Å². The molecule has 3 rings (SSSR count). The average molecular weight is 621 g/mol. The molecule has 4 N–H and O–H groups in total. The molecular weight excluding hydrogens is 576 g/mol. The number of likely N-dealkylation sites (N-methyl/N-ethyl adjacent to an activating group) is 1. The lowest BCUT2D eigenvalue weighted by molar-refractivity contribution is -0.115. The molecule has 1 aliphatic heterocycles. The molecule has 2 aromatic rings. The summed E-state index contributed by atoms with van der Waals surface area (Å²) in [5.41, 5.74) is 3.57. The number of hydrogen-bond donors (Lipinski definition) is 4. The summed E-state index contributed by atoms with van der Waals surface area (Å²) >= 11 is 0. The van der Waals surface area contributed by atoms with Crippen molar-refractivity contribution >= 4 is 46.2 Å². The van der Waals surface area contributed by atoms with Crippen molar-refractivity contribution in [1.82, 2.24) is 10.6 Å². The molecule has 0 spiro atoms.